The normalized spacial score (nSPS) is 11.5. The molecule has 0 aliphatic heterocycles. The summed E-state index contributed by atoms with van der Waals surface area (Å²) >= 11 is 0. The molecule has 0 atom stereocenters. The van der Waals surface area contributed by atoms with E-state index in [1.807, 2.05) is 0 Å². The Hall–Kier alpha value is 0.880. The van der Waals surface area contributed by atoms with Crippen LogP contribution in [0.1, 0.15) is 0 Å². The van der Waals surface area contributed by atoms with E-state index in [9.17, 15) is 0 Å². The standard InChI is InChI=1S/C8H22N2.2BrH/c1-9(2,3)7-8-10(4,5)6;;/h7-8H2,1-6H3;2*1H/q+2;;/p-2. The second kappa shape index (κ2) is 6.35. The highest BCUT2D eigenvalue weighted by Gasteiger charge is 2.13. The van der Waals surface area contributed by atoms with E-state index < -0.39 is 0 Å². The van der Waals surface area contributed by atoms with E-state index >= 15 is 0 Å². The topological polar surface area (TPSA) is 0 Å². The molecule has 0 aromatic carbocycles. The Labute approximate surface area is 98.3 Å². The lowest BCUT2D eigenvalue weighted by molar-refractivity contribution is -0.927. The lowest BCUT2D eigenvalue weighted by Crippen LogP contribution is -3.00. The zero-order chi connectivity index (χ0) is 8.41. The molecular formula is C8H22Br2N2. The van der Waals surface area contributed by atoms with Gasteiger partial charge in [0.05, 0.1) is 42.3 Å². The van der Waals surface area contributed by atoms with Gasteiger partial charge in [0.1, 0.15) is 13.1 Å². The Kier molecular flexibility index (Phi) is 9.86. The van der Waals surface area contributed by atoms with Crippen LogP contribution in [0.15, 0.2) is 0 Å². The summed E-state index contributed by atoms with van der Waals surface area (Å²) in [5.74, 6) is 0. The summed E-state index contributed by atoms with van der Waals surface area (Å²) < 4.78 is 2.13. The zero-order valence-electron chi connectivity index (χ0n) is 9.06. The Morgan fingerprint density at radius 1 is 0.583 bits per heavy atom. The van der Waals surface area contributed by atoms with Crippen LogP contribution in [0.4, 0.5) is 0 Å². The fourth-order valence-electron chi connectivity index (χ4n) is 0.600. The first-order valence-electron chi connectivity index (χ1n) is 3.82. The summed E-state index contributed by atoms with van der Waals surface area (Å²) in [5, 5.41) is 0. The molecule has 0 unspecified atom stereocenters. The van der Waals surface area contributed by atoms with Crippen molar-refractivity contribution in [3.8, 4) is 0 Å². The highest BCUT2D eigenvalue weighted by atomic mass is 79.9. The van der Waals surface area contributed by atoms with Gasteiger partial charge < -0.3 is 42.9 Å². The number of nitrogens with zero attached hydrogens (tertiary/aromatic N) is 2. The van der Waals surface area contributed by atoms with Crippen molar-refractivity contribution >= 4 is 0 Å². The Bertz CT molecular complexity index is 88.6. The highest BCUT2D eigenvalue weighted by Crippen LogP contribution is 1.94. The third-order valence-electron chi connectivity index (χ3n) is 1.44. The van der Waals surface area contributed by atoms with Crippen LogP contribution >= 0.6 is 0 Å². The van der Waals surface area contributed by atoms with Crippen LogP contribution < -0.4 is 34.0 Å². The molecule has 12 heavy (non-hydrogen) atoms. The number of likely N-dealkylation sites (N-methyl/N-ethyl adjacent to an activating group) is 2. The van der Waals surface area contributed by atoms with Gasteiger partial charge in [-0.3, -0.25) is 0 Å². The van der Waals surface area contributed by atoms with Crippen LogP contribution in [-0.4, -0.2) is 64.3 Å². The van der Waals surface area contributed by atoms with Crippen LogP contribution in [0.5, 0.6) is 0 Å². The van der Waals surface area contributed by atoms with Crippen LogP contribution in [-0.2, 0) is 0 Å². The van der Waals surface area contributed by atoms with Gasteiger partial charge in [-0.2, -0.15) is 0 Å². The van der Waals surface area contributed by atoms with Crippen molar-refractivity contribution in [1.82, 2.24) is 0 Å². The van der Waals surface area contributed by atoms with E-state index in [1.165, 1.54) is 13.1 Å². The lowest BCUT2D eigenvalue weighted by atomic mass is 10.4. The third-order valence-corrected chi connectivity index (χ3v) is 1.44. The summed E-state index contributed by atoms with van der Waals surface area (Å²) in [7, 11) is 13.4. The molecule has 0 spiro atoms. The summed E-state index contributed by atoms with van der Waals surface area (Å²) in [6, 6.07) is 0. The largest absolute Gasteiger partial charge is 1.00 e. The van der Waals surface area contributed by atoms with Gasteiger partial charge in [0.2, 0.25) is 0 Å². The van der Waals surface area contributed by atoms with Crippen LogP contribution in [0.25, 0.3) is 0 Å². The van der Waals surface area contributed by atoms with Crippen molar-refractivity contribution in [2.45, 2.75) is 0 Å². The van der Waals surface area contributed by atoms with E-state index in [1.54, 1.807) is 0 Å². The molecule has 0 N–H and O–H groups in total. The fourth-order valence-corrected chi connectivity index (χ4v) is 0.600. The minimum Gasteiger partial charge on any atom is -1.00 e. The summed E-state index contributed by atoms with van der Waals surface area (Å²) in [4.78, 5) is 0. The predicted octanol–water partition coefficient (Wildman–Crippen LogP) is -5.59. The van der Waals surface area contributed by atoms with Crippen molar-refractivity contribution in [2.24, 2.45) is 0 Å². The van der Waals surface area contributed by atoms with E-state index in [4.69, 9.17) is 0 Å². The first kappa shape index (κ1) is 18.6. The molecule has 0 rings (SSSR count). The maximum atomic E-state index is 2.23. The maximum Gasteiger partial charge on any atom is 0.128 e. The monoisotopic (exact) mass is 304 g/mol. The molecule has 0 heterocycles. The van der Waals surface area contributed by atoms with Crippen LogP contribution in [0.3, 0.4) is 0 Å². The van der Waals surface area contributed by atoms with Crippen molar-refractivity contribution in [3.05, 3.63) is 0 Å². The van der Waals surface area contributed by atoms with Gasteiger partial charge in [0.25, 0.3) is 0 Å². The number of halogens is 2. The van der Waals surface area contributed by atoms with Gasteiger partial charge in [-0.05, 0) is 0 Å². The number of hydrogen-bond acceptors (Lipinski definition) is 0. The van der Waals surface area contributed by atoms with Crippen molar-refractivity contribution < 1.29 is 42.9 Å². The fraction of sp³-hybridized carbons (Fsp3) is 1.00. The van der Waals surface area contributed by atoms with Crippen LogP contribution in [0.2, 0.25) is 0 Å². The molecule has 78 valence electrons. The Morgan fingerprint density at radius 2 is 0.750 bits per heavy atom. The van der Waals surface area contributed by atoms with E-state index in [0.29, 0.717) is 0 Å². The van der Waals surface area contributed by atoms with Gasteiger partial charge in [0.15, 0.2) is 0 Å². The van der Waals surface area contributed by atoms with Crippen molar-refractivity contribution in [3.63, 3.8) is 0 Å². The quantitative estimate of drug-likeness (QED) is 0.456. The van der Waals surface area contributed by atoms with E-state index in [0.717, 1.165) is 8.97 Å². The second-order valence-electron chi connectivity index (χ2n) is 5.03. The number of hydrogen-bond donors (Lipinski definition) is 0. The van der Waals surface area contributed by atoms with Crippen LogP contribution in [0, 0.1) is 0 Å². The molecule has 0 saturated heterocycles. The molecule has 0 bridgehead atoms. The van der Waals surface area contributed by atoms with Crippen molar-refractivity contribution in [2.75, 3.05) is 55.4 Å². The molecule has 0 aromatic heterocycles. The van der Waals surface area contributed by atoms with E-state index in [-0.39, 0.29) is 34.0 Å². The molecule has 4 heteroatoms. The van der Waals surface area contributed by atoms with Gasteiger partial charge in [-0.15, -0.1) is 0 Å². The molecule has 0 aliphatic rings. The second-order valence-corrected chi connectivity index (χ2v) is 5.03. The SMILES string of the molecule is C[N+](C)(C)CC[N+](C)(C)C.[Br-].[Br-]. The smallest absolute Gasteiger partial charge is 0.128 e. The van der Waals surface area contributed by atoms with Gasteiger partial charge >= 0.3 is 0 Å². The number of rotatable bonds is 3. The first-order valence-corrected chi connectivity index (χ1v) is 3.82. The molecule has 0 amide bonds. The van der Waals surface area contributed by atoms with E-state index in [2.05, 4.69) is 42.3 Å². The molecule has 0 radical (unpaired) electrons. The first-order chi connectivity index (χ1) is 4.21. The number of quaternary nitrogens is 2. The minimum absolute atomic E-state index is 0. The average Bonchev–Trinajstić information content (AvgIpc) is 1.57. The van der Waals surface area contributed by atoms with Crippen molar-refractivity contribution in [1.29, 1.82) is 0 Å². The summed E-state index contributed by atoms with van der Waals surface area (Å²) in [6.07, 6.45) is 0. The molecule has 0 aromatic rings. The molecule has 0 saturated carbocycles. The summed E-state index contributed by atoms with van der Waals surface area (Å²) in [6.45, 7) is 2.48. The van der Waals surface area contributed by atoms with Gasteiger partial charge in [-0.1, -0.05) is 0 Å². The van der Waals surface area contributed by atoms with Gasteiger partial charge in [0, 0.05) is 0 Å². The zero-order valence-corrected chi connectivity index (χ0v) is 12.2. The average molecular weight is 306 g/mol. The molecule has 0 fully saturated rings. The molecule has 2 nitrogen and oxygen atoms in total. The molecular weight excluding hydrogens is 284 g/mol. The highest BCUT2D eigenvalue weighted by molar-refractivity contribution is 4.26. The molecule has 0 aliphatic carbocycles. The van der Waals surface area contributed by atoms with Gasteiger partial charge in [-0.25, -0.2) is 0 Å². The summed E-state index contributed by atoms with van der Waals surface area (Å²) in [5.41, 5.74) is 0. The lowest BCUT2D eigenvalue weighted by Gasteiger charge is -2.30. The maximum absolute atomic E-state index is 2.23. The Balaban J connectivity index is -0.000000405. The third kappa shape index (κ3) is 17.1. The minimum atomic E-state index is 0. The predicted molar refractivity (Wildman–Crippen MR) is 45.8 cm³/mol. The Morgan fingerprint density at radius 3 is 0.833 bits per heavy atom.